The van der Waals surface area contributed by atoms with Crippen LogP contribution in [0.15, 0.2) is 42.5 Å². The molecule has 3 heteroatoms. The summed E-state index contributed by atoms with van der Waals surface area (Å²) in [5.74, 6) is -0.438. The molecule has 31 heavy (non-hydrogen) atoms. The highest BCUT2D eigenvalue weighted by molar-refractivity contribution is 6.12. The predicted molar refractivity (Wildman–Crippen MR) is 129 cm³/mol. The quantitative estimate of drug-likeness (QED) is 0.212. The molecule has 2 N–H and O–H groups in total. The molecule has 0 spiro atoms. The second-order valence-corrected chi connectivity index (χ2v) is 8.69. The van der Waals surface area contributed by atoms with Gasteiger partial charge in [-0.25, -0.2) is 0 Å². The third-order valence-corrected chi connectivity index (χ3v) is 6.02. The van der Waals surface area contributed by atoms with Crippen LogP contribution >= 0.6 is 0 Å². The fraction of sp³-hybridized carbons (Fsp3) is 0.536. The summed E-state index contributed by atoms with van der Waals surface area (Å²) in [7, 11) is 0. The summed E-state index contributed by atoms with van der Waals surface area (Å²) >= 11 is 0. The molecule has 0 fully saturated rings. The van der Waals surface area contributed by atoms with Crippen LogP contribution in [0.3, 0.4) is 0 Å². The van der Waals surface area contributed by atoms with Crippen LogP contribution in [-0.4, -0.2) is 16.0 Å². The van der Waals surface area contributed by atoms with Crippen molar-refractivity contribution in [2.24, 2.45) is 0 Å². The lowest BCUT2D eigenvalue weighted by molar-refractivity contribution is 0.103. The lowest BCUT2D eigenvalue weighted by Crippen LogP contribution is -2.02. The Morgan fingerprint density at radius 1 is 0.645 bits per heavy atom. The maximum Gasteiger partial charge on any atom is 0.200 e. The van der Waals surface area contributed by atoms with Crippen LogP contribution in [-0.2, 0) is 6.42 Å². The minimum atomic E-state index is -0.358. The molecule has 0 amide bonds. The first kappa shape index (κ1) is 25.0. The first-order chi connectivity index (χ1) is 15.1. The summed E-state index contributed by atoms with van der Waals surface area (Å²) in [4.78, 5) is 12.6. The number of ketones is 1. The van der Waals surface area contributed by atoms with Crippen LogP contribution < -0.4 is 0 Å². The van der Waals surface area contributed by atoms with Crippen molar-refractivity contribution in [1.29, 1.82) is 0 Å². The largest absolute Gasteiger partial charge is 0.507 e. The van der Waals surface area contributed by atoms with Crippen LogP contribution in [0.1, 0.15) is 112 Å². The van der Waals surface area contributed by atoms with Crippen molar-refractivity contribution in [3.05, 3.63) is 59.2 Å². The molecular weight excluding hydrogens is 384 g/mol. The molecule has 0 saturated carbocycles. The van der Waals surface area contributed by atoms with Gasteiger partial charge < -0.3 is 10.2 Å². The highest BCUT2D eigenvalue weighted by Crippen LogP contribution is 2.26. The van der Waals surface area contributed by atoms with Gasteiger partial charge in [0.1, 0.15) is 11.5 Å². The van der Waals surface area contributed by atoms with E-state index in [-0.39, 0.29) is 28.4 Å². The molecule has 0 aliphatic rings. The summed E-state index contributed by atoms with van der Waals surface area (Å²) < 4.78 is 0. The number of benzene rings is 2. The van der Waals surface area contributed by atoms with E-state index in [0.717, 1.165) is 18.4 Å². The molecule has 0 saturated heterocycles. The third-order valence-electron chi connectivity index (χ3n) is 6.02. The maximum atomic E-state index is 12.6. The van der Waals surface area contributed by atoms with E-state index in [9.17, 15) is 15.0 Å². The molecule has 0 unspecified atom stereocenters. The number of rotatable bonds is 16. The van der Waals surface area contributed by atoms with Gasteiger partial charge in [0.25, 0.3) is 0 Å². The van der Waals surface area contributed by atoms with E-state index in [1.165, 1.54) is 83.1 Å². The molecule has 0 heterocycles. The van der Waals surface area contributed by atoms with Crippen LogP contribution in [0.5, 0.6) is 11.5 Å². The number of carbonyl (C=O) groups excluding carboxylic acids is 1. The van der Waals surface area contributed by atoms with Gasteiger partial charge in [-0.15, -0.1) is 0 Å². The van der Waals surface area contributed by atoms with Crippen LogP contribution in [0.2, 0.25) is 0 Å². The van der Waals surface area contributed by atoms with Gasteiger partial charge in [-0.1, -0.05) is 102 Å². The molecular formula is C28H40O3. The Kier molecular flexibility index (Phi) is 11.8. The number of phenols is 2. The highest BCUT2D eigenvalue weighted by Gasteiger charge is 2.16. The summed E-state index contributed by atoms with van der Waals surface area (Å²) in [6.07, 6.45) is 18.2. The summed E-state index contributed by atoms with van der Waals surface area (Å²) in [6.45, 7) is 2.27. The molecule has 0 aliphatic carbocycles. The lowest BCUT2D eigenvalue weighted by Gasteiger charge is -2.08. The van der Waals surface area contributed by atoms with Gasteiger partial charge in [0.2, 0.25) is 0 Å². The zero-order valence-electron chi connectivity index (χ0n) is 19.2. The fourth-order valence-electron chi connectivity index (χ4n) is 4.08. The van der Waals surface area contributed by atoms with Gasteiger partial charge in [0, 0.05) is 0 Å². The lowest BCUT2D eigenvalue weighted by atomic mass is 9.98. The van der Waals surface area contributed by atoms with Gasteiger partial charge in [-0.05, 0) is 42.7 Å². The molecule has 170 valence electrons. The van der Waals surface area contributed by atoms with Gasteiger partial charge in [-0.3, -0.25) is 4.79 Å². The highest BCUT2D eigenvalue weighted by atomic mass is 16.3. The van der Waals surface area contributed by atoms with Gasteiger partial charge in [0.05, 0.1) is 11.1 Å². The van der Waals surface area contributed by atoms with E-state index >= 15 is 0 Å². The van der Waals surface area contributed by atoms with Crippen molar-refractivity contribution in [3.63, 3.8) is 0 Å². The Morgan fingerprint density at radius 3 is 1.71 bits per heavy atom. The molecule has 0 bridgehead atoms. The number of aromatic hydroxyl groups is 2. The number of para-hydroxylation sites is 1. The average Bonchev–Trinajstić information content (AvgIpc) is 2.77. The van der Waals surface area contributed by atoms with E-state index in [1.54, 1.807) is 30.3 Å². The molecule has 2 aromatic carbocycles. The van der Waals surface area contributed by atoms with Crippen LogP contribution in [0.25, 0.3) is 0 Å². The minimum absolute atomic E-state index is 0.0135. The normalized spacial score (nSPS) is 11.0. The second kappa shape index (κ2) is 14.7. The van der Waals surface area contributed by atoms with Gasteiger partial charge in [0.15, 0.2) is 5.78 Å². The van der Waals surface area contributed by atoms with Gasteiger partial charge in [-0.2, -0.15) is 0 Å². The number of hydrogen-bond donors (Lipinski definition) is 2. The summed E-state index contributed by atoms with van der Waals surface area (Å²) in [5, 5.41) is 20.2. The average molecular weight is 425 g/mol. The molecule has 3 nitrogen and oxygen atoms in total. The zero-order chi connectivity index (χ0) is 22.3. The van der Waals surface area contributed by atoms with E-state index in [4.69, 9.17) is 0 Å². The summed E-state index contributed by atoms with van der Waals surface area (Å²) in [6, 6.07) is 11.7. The first-order valence-corrected chi connectivity index (χ1v) is 12.3. The van der Waals surface area contributed by atoms with Crippen molar-refractivity contribution >= 4 is 5.78 Å². The molecule has 0 atom stereocenters. The number of carbonyl (C=O) groups is 1. The number of hydrogen-bond acceptors (Lipinski definition) is 3. The van der Waals surface area contributed by atoms with E-state index in [1.807, 2.05) is 6.07 Å². The zero-order valence-corrected chi connectivity index (χ0v) is 19.2. The van der Waals surface area contributed by atoms with Crippen molar-refractivity contribution in [1.82, 2.24) is 0 Å². The molecule has 0 aromatic heterocycles. The Bertz CT molecular complexity index is 782. The third kappa shape index (κ3) is 9.16. The Morgan fingerprint density at radius 2 is 1.16 bits per heavy atom. The fourth-order valence-corrected chi connectivity index (χ4v) is 4.08. The van der Waals surface area contributed by atoms with Crippen molar-refractivity contribution in [2.75, 3.05) is 0 Å². The molecule has 0 radical (unpaired) electrons. The monoisotopic (exact) mass is 424 g/mol. The Labute approximate surface area is 188 Å². The smallest absolute Gasteiger partial charge is 0.200 e. The second-order valence-electron chi connectivity index (χ2n) is 8.69. The van der Waals surface area contributed by atoms with E-state index < -0.39 is 0 Å². The van der Waals surface area contributed by atoms with Crippen molar-refractivity contribution in [2.45, 2.75) is 96.8 Å². The predicted octanol–water partition coefficient (Wildman–Crippen LogP) is 7.96. The number of aryl methyl sites for hydroxylation is 1. The molecule has 2 aromatic rings. The molecule has 0 aliphatic heterocycles. The number of phenolic OH excluding ortho intramolecular Hbond substituents is 2. The Hall–Kier alpha value is -2.29. The van der Waals surface area contributed by atoms with Gasteiger partial charge >= 0.3 is 0 Å². The topological polar surface area (TPSA) is 57.5 Å². The van der Waals surface area contributed by atoms with E-state index in [2.05, 4.69) is 6.92 Å². The van der Waals surface area contributed by atoms with Crippen molar-refractivity contribution < 1.29 is 15.0 Å². The standard InChI is InChI=1S/C28H40O3/c1-2-3-4-5-6-7-8-9-10-11-12-13-14-17-23-20-21-25(27(30)22-23)28(31)24-18-15-16-19-26(24)29/h15-16,18-22,29-30H,2-14,17H2,1H3. The SMILES string of the molecule is CCCCCCCCCCCCCCCc1ccc(C(=O)c2ccccc2O)c(O)c1. The minimum Gasteiger partial charge on any atom is -0.507 e. The maximum absolute atomic E-state index is 12.6. The number of unbranched alkanes of at least 4 members (excludes halogenated alkanes) is 12. The first-order valence-electron chi connectivity index (χ1n) is 12.3. The van der Waals surface area contributed by atoms with Crippen LogP contribution in [0, 0.1) is 0 Å². The Balaban J connectivity index is 1.60. The van der Waals surface area contributed by atoms with E-state index in [0.29, 0.717) is 0 Å². The van der Waals surface area contributed by atoms with Crippen molar-refractivity contribution in [3.8, 4) is 11.5 Å². The molecule has 2 rings (SSSR count). The summed E-state index contributed by atoms with van der Waals surface area (Å²) in [5.41, 5.74) is 1.49. The van der Waals surface area contributed by atoms with Crippen LogP contribution in [0.4, 0.5) is 0 Å².